The summed E-state index contributed by atoms with van der Waals surface area (Å²) in [6.45, 7) is 1.80. The molecule has 0 bridgehead atoms. The highest BCUT2D eigenvalue weighted by Gasteiger charge is 2.30. The summed E-state index contributed by atoms with van der Waals surface area (Å²) in [4.78, 5) is 26.3. The van der Waals surface area contributed by atoms with Crippen LogP contribution >= 0.6 is 11.3 Å². The summed E-state index contributed by atoms with van der Waals surface area (Å²) >= 11 is 1.25. The van der Waals surface area contributed by atoms with Crippen LogP contribution < -0.4 is 5.32 Å². The van der Waals surface area contributed by atoms with Crippen LogP contribution in [0.4, 0.5) is 10.8 Å². The van der Waals surface area contributed by atoms with Crippen molar-refractivity contribution in [1.29, 1.82) is 0 Å². The van der Waals surface area contributed by atoms with E-state index in [4.69, 9.17) is 0 Å². The van der Waals surface area contributed by atoms with Crippen LogP contribution in [-0.4, -0.2) is 35.1 Å². The third-order valence-electron chi connectivity index (χ3n) is 3.66. The number of aromatic nitrogens is 1. The van der Waals surface area contributed by atoms with E-state index >= 15 is 0 Å². The Labute approximate surface area is 147 Å². The topological polar surface area (TPSA) is 123 Å². The molecule has 25 heavy (non-hydrogen) atoms. The molecule has 0 radical (unpaired) electrons. The van der Waals surface area contributed by atoms with Crippen LogP contribution in [0.25, 0.3) is 0 Å². The number of rotatable bonds is 4. The lowest BCUT2D eigenvalue weighted by Gasteiger charge is -2.25. The Morgan fingerprint density at radius 3 is 2.64 bits per heavy atom. The van der Waals surface area contributed by atoms with Crippen molar-refractivity contribution in [3.63, 3.8) is 0 Å². The van der Waals surface area contributed by atoms with Crippen molar-refractivity contribution in [1.82, 2.24) is 9.29 Å². The van der Waals surface area contributed by atoms with E-state index in [0.29, 0.717) is 11.6 Å². The highest BCUT2D eigenvalue weighted by Crippen LogP contribution is 2.31. The number of hydrogen-bond acceptors (Lipinski definition) is 7. The molecule has 0 fully saturated rings. The second-order valence-electron chi connectivity index (χ2n) is 5.41. The van der Waals surface area contributed by atoms with Crippen molar-refractivity contribution >= 4 is 38.1 Å². The van der Waals surface area contributed by atoms with Gasteiger partial charge in [-0.2, -0.15) is 4.31 Å². The predicted molar refractivity (Wildman–Crippen MR) is 90.8 cm³/mol. The van der Waals surface area contributed by atoms with Crippen LogP contribution in [0.15, 0.2) is 29.2 Å². The number of non-ortho nitro benzene ring substituents is 1. The summed E-state index contributed by atoms with van der Waals surface area (Å²) in [6, 6.07) is 4.81. The minimum absolute atomic E-state index is 0.00755. The van der Waals surface area contributed by atoms with Crippen LogP contribution in [0.2, 0.25) is 0 Å². The first-order valence-electron chi connectivity index (χ1n) is 7.28. The smallest absolute Gasteiger partial charge is 0.269 e. The average Bonchev–Trinajstić information content (AvgIpc) is 2.95. The van der Waals surface area contributed by atoms with E-state index in [1.165, 1.54) is 46.8 Å². The van der Waals surface area contributed by atoms with Gasteiger partial charge in [0.1, 0.15) is 0 Å². The number of hydrogen-bond donors (Lipinski definition) is 1. The van der Waals surface area contributed by atoms with Gasteiger partial charge < -0.3 is 5.32 Å². The molecule has 11 heteroatoms. The molecule has 0 saturated heterocycles. The fourth-order valence-electron chi connectivity index (χ4n) is 2.47. The van der Waals surface area contributed by atoms with Gasteiger partial charge in [-0.25, -0.2) is 13.4 Å². The number of nitro groups is 1. The second kappa shape index (κ2) is 6.50. The van der Waals surface area contributed by atoms with Gasteiger partial charge >= 0.3 is 0 Å². The molecular formula is C14H14N4O5S2. The lowest BCUT2D eigenvalue weighted by Crippen LogP contribution is -2.35. The third-order valence-corrected chi connectivity index (χ3v) is 6.52. The van der Waals surface area contributed by atoms with Crippen LogP contribution in [0.3, 0.4) is 0 Å². The van der Waals surface area contributed by atoms with Crippen molar-refractivity contribution in [2.24, 2.45) is 0 Å². The maximum Gasteiger partial charge on any atom is 0.269 e. The zero-order valence-corrected chi connectivity index (χ0v) is 14.8. The largest absolute Gasteiger partial charge is 0.302 e. The molecule has 1 aliphatic heterocycles. The summed E-state index contributed by atoms with van der Waals surface area (Å²) < 4.78 is 26.8. The van der Waals surface area contributed by atoms with Gasteiger partial charge in [-0.3, -0.25) is 14.9 Å². The summed E-state index contributed by atoms with van der Waals surface area (Å²) in [5.41, 5.74) is 0.617. The molecule has 0 spiro atoms. The van der Waals surface area contributed by atoms with Crippen molar-refractivity contribution in [2.45, 2.75) is 24.8 Å². The fourth-order valence-corrected chi connectivity index (χ4v) is 5.03. The van der Waals surface area contributed by atoms with Crippen molar-refractivity contribution in [2.75, 3.05) is 11.9 Å². The van der Waals surface area contributed by atoms with Crippen molar-refractivity contribution in [3.05, 3.63) is 45.0 Å². The van der Waals surface area contributed by atoms with E-state index in [2.05, 4.69) is 10.3 Å². The maximum absolute atomic E-state index is 12.7. The van der Waals surface area contributed by atoms with Crippen LogP contribution in [0.5, 0.6) is 0 Å². The molecule has 3 rings (SSSR count). The van der Waals surface area contributed by atoms with Gasteiger partial charge in [0.15, 0.2) is 5.13 Å². The Morgan fingerprint density at radius 2 is 2.04 bits per heavy atom. The maximum atomic E-state index is 12.7. The van der Waals surface area contributed by atoms with Gasteiger partial charge in [0.2, 0.25) is 15.9 Å². The van der Waals surface area contributed by atoms with E-state index in [9.17, 15) is 23.3 Å². The van der Waals surface area contributed by atoms with Gasteiger partial charge in [-0.15, -0.1) is 11.3 Å². The van der Waals surface area contributed by atoms with E-state index in [1.54, 1.807) is 0 Å². The molecule has 0 unspecified atom stereocenters. The summed E-state index contributed by atoms with van der Waals surface area (Å²) in [5, 5.41) is 13.7. The summed E-state index contributed by atoms with van der Waals surface area (Å²) in [5.74, 6) is -0.235. The molecule has 0 atom stereocenters. The number of sulfonamides is 1. The van der Waals surface area contributed by atoms with E-state index < -0.39 is 14.9 Å². The van der Waals surface area contributed by atoms with E-state index in [-0.39, 0.29) is 29.6 Å². The number of nitrogens with zero attached hydrogens (tertiary/aromatic N) is 3. The molecule has 1 aromatic carbocycles. The molecule has 1 N–H and O–H groups in total. The second-order valence-corrected chi connectivity index (χ2v) is 8.43. The van der Waals surface area contributed by atoms with E-state index in [1.807, 2.05) is 0 Å². The number of nitro benzene ring substituents is 1. The van der Waals surface area contributed by atoms with Crippen LogP contribution in [0, 0.1) is 10.1 Å². The van der Waals surface area contributed by atoms with E-state index in [0.717, 1.165) is 10.6 Å². The number of benzene rings is 1. The number of nitrogens with one attached hydrogen (secondary N) is 1. The number of carbonyl (C=O) groups excluding carboxylic acids is 1. The zero-order valence-electron chi connectivity index (χ0n) is 13.1. The molecule has 2 heterocycles. The summed E-state index contributed by atoms with van der Waals surface area (Å²) in [7, 11) is -3.76. The van der Waals surface area contributed by atoms with Crippen molar-refractivity contribution in [3.8, 4) is 0 Å². The first-order chi connectivity index (χ1) is 11.8. The standard InChI is InChI=1S/C14H14N4O5S2/c1-9(19)15-14-16-12-6-7-17(8-13(12)24-14)25(22,23)11-4-2-10(3-5-11)18(20)21/h2-5H,6-8H2,1H3,(H,15,16,19). The first kappa shape index (κ1) is 17.5. The number of fused-ring (bicyclic) bond motifs is 1. The minimum atomic E-state index is -3.76. The number of amides is 1. The molecule has 1 aliphatic rings. The molecule has 0 saturated carbocycles. The Bertz CT molecular complexity index is 937. The Balaban J connectivity index is 1.83. The fraction of sp³-hybridized carbons (Fsp3) is 0.286. The highest BCUT2D eigenvalue weighted by molar-refractivity contribution is 7.89. The monoisotopic (exact) mass is 382 g/mol. The summed E-state index contributed by atoms with van der Waals surface area (Å²) in [6.07, 6.45) is 0.442. The van der Waals surface area contributed by atoms with Crippen LogP contribution in [-0.2, 0) is 27.8 Å². The molecule has 9 nitrogen and oxygen atoms in total. The first-order valence-corrected chi connectivity index (χ1v) is 9.54. The molecule has 132 valence electrons. The van der Waals surface area contributed by atoms with Crippen molar-refractivity contribution < 1.29 is 18.1 Å². The lowest BCUT2D eigenvalue weighted by atomic mass is 10.2. The average molecular weight is 382 g/mol. The van der Waals surface area contributed by atoms with Gasteiger partial charge in [-0.1, -0.05) is 0 Å². The lowest BCUT2D eigenvalue weighted by molar-refractivity contribution is -0.384. The Morgan fingerprint density at radius 1 is 1.36 bits per heavy atom. The number of anilines is 1. The molecule has 1 amide bonds. The molecular weight excluding hydrogens is 368 g/mol. The quantitative estimate of drug-likeness (QED) is 0.635. The SMILES string of the molecule is CC(=O)Nc1nc2c(s1)CN(S(=O)(=O)c1ccc([N+](=O)[O-])cc1)CC2. The normalized spacial score (nSPS) is 14.8. The number of carbonyl (C=O) groups is 1. The van der Waals surface area contributed by atoms with Gasteiger partial charge in [0.05, 0.1) is 22.1 Å². The highest BCUT2D eigenvalue weighted by atomic mass is 32.2. The van der Waals surface area contributed by atoms with Gasteiger partial charge in [-0.05, 0) is 12.1 Å². The van der Waals surface area contributed by atoms with Gasteiger partial charge in [0.25, 0.3) is 5.69 Å². The third kappa shape index (κ3) is 3.52. The molecule has 0 aliphatic carbocycles. The Kier molecular flexibility index (Phi) is 4.54. The van der Waals surface area contributed by atoms with Gasteiger partial charge in [0, 0.05) is 36.9 Å². The predicted octanol–water partition coefficient (Wildman–Crippen LogP) is 1.76. The zero-order chi connectivity index (χ0) is 18.2. The molecule has 2 aromatic rings. The molecule has 1 aromatic heterocycles. The minimum Gasteiger partial charge on any atom is -0.302 e. The van der Waals surface area contributed by atoms with Crippen LogP contribution in [0.1, 0.15) is 17.5 Å². The Hall–Kier alpha value is -2.37. The number of thiazole rings is 1.